The van der Waals surface area contributed by atoms with Gasteiger partial charge in [0.25, 0.3) is 5.91 Å². The molecule has 1 atom stereocenters. The lowest BCUT2D eigenvalue weighted by atomic mass is 9.79. The number of amides is 1. The standard InChI is InChI=1S/C25H36N2O2/c28-24(25(29,22-12-6-7-13-22)21-10-2-1-3-11-21)26-23-15-18-27(19-16-23)17-14-20-8-4-5-9-20/h1-3,8,10-11,22-23,29H,4-7,9,12-19H2,(H,26,28). The number of hydrogen-bond donors (Lipinski definition) is 2. The normalized spacial score (nSPS) is 23.7. The van der Waals surface area contributed by atoms with Crippen molar-refractivity contribution in [1.29, 1.82) is 0 Å². The first-order chi connectivity index (χ1) is 14.2. The molecule has 1 aromatic rings. The Hall–Kier alpha value is -1.65. The van der Waals surface area contributed by atoms with Crippen molar-refractivity contribution in [3.05, 3.63) is 47.5 Å². The molecule has 1 amide bonds. The second-order valence-electron chi connectivity index (χ2n) is 9.21. The SMILES string of the molecule is O=C(NC1CCN(CCC2=CCCC2)CC1)C(O)(c1ccccc1)C1CCCC1. The van der Waals surface area contributed by atoms with Crippen LogP contribution in [0, 0.1) is 5.92 Å². The first kappa shape index (κ1) is 20.6. The molecule has 1 heterocycles. The topological polar surface area (TPSA) is 52.6 Å². The second kappa shape index (κ2) is 9.44. The van der Waals surface area contributed by atoms with Crippen LogP contribution in [0.5, 0.6) is 0 Å². The van der Waals surface area contributed by atoms with Gasteiger partial charge in [0, 0.05) is 31.6 Å². The van der Waals surface area contributed by atoms with Crippen molar-refractivity contribution >= 4 is 5.91 Å². The highest BCUT2D eigenvalue weighted by Crippen LogP contribution is 2.41. The average Bonchev–Trinajstić information content (AvgIpc) is 3.48. The second-order valence-corrected chi connectivity index (χ2v) is 9.21. The van der Waals surface area contributed by atoms with Crippen molar-refractivity contribution in [3.8, 4) is 0 Å². The van der Waals surface area contributed by atoms with Crippen molar-refractivity contribution in [1.82, 2.24) is 10.2 Å². The molecule has 0 spiro atoms. The van der Waals surface area contributed by atoms with Gasteiger partial charge < -0.3 is 15.3 Å². The van der Waals surface area contributed by atoms with Crippen LogP contribution >= 0.6 is 0 Å². The van der Waals surface area contributed by atoms with Crippen LogP contribution in [0.3, 0.4) is 0 Å². The van der Waals surface area contributed by atoms with Gasteiger partial charge in [-0.25, -0.2) is 0 Å². The molecule has 1 aromatic carbocycles. The monoisotopic (exact) mass is 396 g/mol. The van der Waals surface area contributed by atoms with Gasteiger partial charge in [-0.05, 0) is 56.9 Å². The van der Waals surface area contributed by atoms with E-state index in [1.807, 2.05) is 30.3 Å². The first-order valence-corrected chi connectivity index (χ1v) is 11.7. The maximum Gasteiger partial charge on any atom is 0.257 e. The summed E-state index contributed by atoms with van der Waals surface area (Å²) < 4.78 is 0. The molecule has 2 fully saturated rings. The predicted octanol–water partition coefficient (Wildman–Crippen LogP) is 4.15. The van der Waals surface area contributed by atoms with Gasteiger partial charge in [0.15, 0.2) is 5.60 Å². The molecule has 29 heavy (non-hydrogen) atoms. The van der Waals surface area contributed by atoms with E-state index in [1.54, 1.807) is 5.57 Å². The van der Waals surface area contributed by atoms with E-state index in [4.69, 9.17) is 0 Å². The number of benzene rings is 1. The number of carbonyl (C=O) groups is 1. The van der Waals surface area contributed by atoms with Crippen molar-refractivity contribution in [2.24, 2.45) is 5.92 Å². The predicted molar refractivity (Wildman–Crippen MR) is 116 cm³/mol. The van der Waals surface area contributed by atoms with Crippen LogP contribution < -0.4 is 5.32 Å². The van der Waals surface area contributed by atoms with E-state index in [2.05, 4.69) is 16.3 Å². The van der Waals surface area contributed by atoms with Crippen molar-refractivity contribution < 1.29 is 9.90 Å². The van der Waals surface area contributed by atoms with E-state index in [0.29, 0.717) is 0 Å². The number of nitrogens with zero attached hydrogens (tertiary/aromatic N) is 1. The lowest BCUT2D eigenvalue weighted by Gasteiger charge is -2.37. The Morgan fingerprint density at radius 3 is 2.45 bits per heavy atom. The molecule has 1 saturated heterocycles. The van der Waals surface area contributed by atoms with Crippen LogP contribution in [0.2, 0.25) is 0 Å². The quantitative estimate of drug-likeness (QED) is 0.681. The number of likely N-dealkylation sites (tertiary alicyclic amines) is 1. The fourth-order valence-corrected chi connectivity index (χ4v) is 5.45. The minimum Gasteiger partial charge on any atom is -0.375 e. The Bertz CT molecular complexity index is 703. The Labute approximate surface area is 175 Å². The van der Waals surface area contributed by atoms with Crippen LogP contribution in [-0.2, 0) is 10.4 Å². The van der Waals surface area contributed by atoms with Gasteiger partial charge >= 0.3 is 0 Å². The molecule has 0 radical (unpaired) electrons. The van der Waals surface area contributed by atoms with Crippen LogP contribution in [-0.4, -0.2) is 41.6 Å². The van der Waals surface area contributed by atoms with Gasteiger partial charge in [-0.3, -0.25) is 4.79 Å². The fraction of sp³-hybridized carbons (Fsp3) is 0.640. The summed E-state index contributed by atoms with van der Waals surface area (Å²) in [7, 11) is 0. The summed E-state index contributed by atoms with van der Waals surface area (Å²) in [6, 6.07) is 9.74. The molecule has 0 bridgehead atoms. The summed E-state index contributed by atoms with van der Waals surface area (Å²) in [5, 5.41) is 14.8. The molecular weight excluding hydrogens is 360 g/mol. The Balaban J connectivity index is 1.33. The Kier molecular flexibility index (Phi) is 6.71. The highest BCUT2D eigenvalue weighted by Gasteiger charge is 2.46. The number of carbonyl (C=O) groups excluding carboxylic acids is 1. The zero-order chi connectivity index (χ0) is 20.1. The van der Waals surface area contributed by atoms with Crippen LogP contribution in [0.1, 0.15) is 69.8 Å². The summed E-state index contributed by atoms with van der Waals surface area (Å²) in [6.07, 6.45) is 13.5. The molecule has 2 aliphatic carbocycles. The van der Waals surface area contributed by atoms with Crippen LogP contribution in [0.25, 0.3) is 0 Å². The van der Waals surface area contributed by atoms with Crippen LogP contribution in [0.4, 0.5) is 0 Å². The Morgan fingerprint density at radius 1 is 1.07 bits per heavy atom. The third-order valence-electron chi connectivity index (χ3n) is 7.31. The van der Waals surface area contributed by atoms with Gasteiger partial charge in [0.05, 0.1) is 0 Å². The highest BCUT2D eigenvalue weighted by atomic mass is 16.3. The molecule has 1 aliphatic heterocycles. The van der Waals surface area contributed by atoms with E-state index < -0.39 is 5.60 Å². The zero-order valence-electron chi connectivity index (χ0n) is 17.6. The van der Waals surface area contributed by atoms with Crippen molar-refractivity contribution in [3.63, 3.8) is 0 Å². The van der Waals surface area contributed by atoms with Gasteiger partial charge in [-0.15, -0.1) is 0 Å². The minimum atomic E-state index is -1.40. The smallest absolute Gasteiger partial charge is 0.257 e. The minimum absolute atomic E-state index is 0.0182. The zero-order valence-corrected chi connectivity index (χ0v) is 17.6. The molecule has 3 aliphatic rings. The molecule has 4 nitrogen and oxygen atoms in total. The van der Waals surface area contributed by atoms with E-state index >= 15 is 0 Å². The molecular formula is C25H36N2O2. The van der Waals surface area contributed by atoms with Gasteiger partial charge in [-0.2, -0.15) is 0 Å². The number of hydrogen-bond acceptors (Lipinski definition) is 3. The summed E-state index contributed by atoms with van der Waals surface area (Å²) in [4.78, 5) is 15.8. The number of nitrogens with one attached hydrogen (secondary N) is 1. The highest BCUT2D eigenvalue weighted by molar-refractivity contribution is 5.87. The van der Waals surface area contributed by atoms with Gasteiger partial charge in [0.2, 0.25) is 0 Å². The first-order valence-electron chi connectivity index (χ1n) is 11.7. The van der Waals surface area contributed by atoms with Gasteiger partial charge in [-0.1, -0.05) is 54.8 Å². The number of piperidine rings is 1. The maximum absolute atomic E-state index is 13.3. The van der Waals surface area contributed by atoms with E-state index in [0.717, 1.165) is 63.7 Å². The number of rotatable bonds is 7. The summed E-state index contributed by atoms with van der Waals surface area (Å²) in [5.41, 5.74) is 0.973. The molecule has 1 unspecified atom stereocenters. The summed E-state index contributed by atoms with van der Waals surface area (Å²) in [5.74, 6) is -0.171. The van der Waals surface area contributed by atoms with Crippen LogP contribution in [0.15, 0.2) is 42.0 Å². The molecule has 4 heteroatoms. The number of allylic oxidation sites excluding steroid dienone is 1. The molecule has 1 saturated carbocycles. The Morgan fingerprint density at radius 2 is 1.79 bits per heavy atom. The summed E-state index contributed by atoms with van der Waals surface area (Å²) >= 11 is 0. The van der Waals surface area contributed by atoms with Crippen molar-refractivity contribution in [2.75, 3.05) is 19.6 Å². The third kappa shape index (κ3) is 4.75. The van der Waals surface area contributed by atoms with Gasteiger partial charge in [0.1, 0.15) is 0 Å². The molecule has 158 valence electrons. The third-order valence-corrected chi connectivity index (χ3v) is 7.31. The molecule has 2 N–H and O–H groups in total. The fourth-order valence-electron chi connectivity index (χ4n) is 5.45. The maximum atomic E-state index is 13.3. The lowest BCUT2D eigenvalue weighted by molar-refractivity contribution is -0.148. The lowest BCUT2D eigenvalue weighted by Crippen LogP contribution is -2.54. The van der Waals surface area contributed by atoms with E-state index in [-0.39, 0.29) is 17.9 Å². The largest absolute Gasteiger partial charge is 0.375 e. The van der Waals surface area contributed by atoms with E-state index in [1.165, 1.54) is 25.7 Å². The van der Waals surface area contributed by atoms with Crippen molar-refractivity contribution in [2.45, 2.75) is 75.9 Å². The summed E-state index contributed by atoms with van der Waals surface area (Å²) in [6.45, 7) is 3.21. The molecule has 4 rings (SSSR count). The average molecular weight is 397 g/mol. The molecule has 0 aromatic heterocycles. The van der Waals surface area contributed by atoms with E-state index in [9.17, 15) is 9.90 Å². The number of aliphatic hydroxyl groups is 1.